The first-order valence-electron chi connectivity index (χ1n) is 4.68. The van der Waals surface area contributed by atoms with Gasteiger partial charge in [0.25, 0.3) is 0 Å². The maximum atomic E-state index is 11.1. The SMILES string of the molecule is CC(=O)CC1[Se]C=Cc2ccccc21. The van der Waals surface area contributed by atoms with Crippen molar-refractivity contribution in [2.75, 3.05) is 0 Å². The van der Waals surface area contributed by atoms with Gasteiger partial charge in [-0.25, -0.2) is 0 Å². The molecule has 0 aliphatic carbocycles. The molecule has 0 aromatic heterocycles. The molecule has 1 aromatic carbocycles. The Bertz CT molecular complexity index is 382. The summed E-state index contributed by atoms with van der Waals surface area (Å²) in [5.41, 5.74) is 2.64. The van der Waals surface area contributed by atoms with E-state index in [-0.39, 0.29) is 0 Å². The summed E-state index contributed by atoms with van der Waals surface area (Å²) in [6.45, 7) is 1.68. The van der Waals surface area contributed by atoms with Gasteiger partial charge in [0.15, 0.2) is 0 Å². The first-order valence-corrected chi connectivity index (χ1v) is 6.65. The molecule has 1 aromatic rings. The molecule has 0 fully saturated rings. The van der Waals surface area contributed by atoms with Crippen LogP contribution in [-0.2, 0) is 4.79 Å². The molecule has 0 saturated heterocycles. The van der Waals surface area contributed by atoms with Crippen LogP contribution in [-0.4, -0.2) is 20.7 Å². The van der Waals surface area contributed by atoms with E-state index in [2.05, 4.69) is 29.2 Å². The number of benzene rings is 1. The van der Waals surface area contributed by atoms with Crippen LogP contribution in [0, 0.1) is 0 Å². The summed E-state index contributed by atoms with van der Waals surface area (Å²) in [6, 6.07) is 8.37. The van der Waals surface area contributed by atoms with Gasteiger partial charge < -0.3 is 0 Å². The van der Waals surface area contributed by atoms with Crippen LogP contribution in [0.25, 0.3) is 6.08 Å². The number of ketones is 1. The minimum atomic E-state index is 0.293. The van der Waals surface area contributed by atoms with Crippen LogP contribution in [0.15, 0.2) is 29.2 Å². The standard InChI is InChI=1S/C12H12OSe/c1-9(13)8-12-11-5-3-2-4-10(11)6-7-14-12/h2-7,12H,8H2,1H3. The molecular weight excluding hydrogens is 239 g/mol. The fourth-order valence-electron chi connectivity index (χ4n) is 1.66. The Kier molecular flexibility index (Phi) is 2.85. The molecule has 1 heterocycles. The van der Waals surface area contributed by atoms with E-state index >= 15 is 0 Å². The summed E-state index contributed by atoms with van der Waals surface area (Å²) in [6.07, 6.45) is 2.87. The van der Waals surface area contributed by atoms with E-state index in [9.17, 15) is 4.79 Å². The van der Waals surface area contributed by atoms with E-state index < -0.39 is 0 Å². The molecule has 0 saturated carbocycles. The second-order valence-corrected chi connectivity index (χ2v) is 5.80. The summed E-state index contributed by atoms with van der Waals surface area (Å²) < 4.78 is 0. The van der Waals surface area contributed by atoms with Gasteiger partial charge in [-0.05, 0) is 0 Å². The van der Waals surface area contributed by atoms with Crippen LogP contribution in [0.3, 0.4) is 0 Å². The van der Waals surface area contributed by atoms with Gasteiger partial charge in [-0.15, -0.1) is 0 Å². The second-order valence-electron chi connectivity index (χ2n) is 3.46. The normalized spacial score (nSPS) is 19.1. The van der Waals surface area contributed by atoms with Crippen molar-refractivity contribution in [1.82, 2.24) is 0 Å². The third kappa shape index (κ3) is 1.97. The van der Waals surface area contributed by atoms with Crippen molar-refractivity contribution in [3.63, 3.8) is 0 Å². The zero-order chi connectivity index (χ0) is 9.97. The van der Waals surface area contributed by atoms with Crippen LogP contribution in [0.4, 0.5) is 0 Å². The number of hydrogen-bond acceptors (Lipinski definition) is 1. The van der Waals surface area contributed by atoms with E-state index in [0.29, 0.717) is 32.0 Å². The number of rotatable bonds is 2. The van der Waals surface area contributed by atoms with Crippen molar-refractivity contribution < 1.29 is 4.79 Å². The monoisotopic (exact) mass is 252 g/mol. The minimum absolute atomic E-state index is 0.293. The molecule has 0 spiro atoms. The predicted octanol–water partition coefficient (Wildman–Crippen LogP) is 2.40. The molecule has 0 N–H and O–H groups in total. The molecule has 72 valence electrons. The van der Waals surface area contributed by atoms with Crippen LogP contribution < -0.4 is 0 Å². The first kappa shape index (κ1) is 9.69. The summed E-state index contributed by atoms with van der Waals surface area (Å²) in [5.74, 6) is 0.293. The number of carbonyl (C=O) groups excluding carboxylic acids is 1. The summed E-state index contributed by atoms with van der Waals surface area (Å²) in [5, 5.41) is 0. The Balaban J connectivity index is 2.31. The molecule has 2 rings (SSSR count). The van der Waals surface area contributed by atoms with Crippen molar-refractivity contribution >= 4 is 26.8 Å². The van der Waals surface area contributed by atoms with Gasteiger partial charge >= 0.3 is 90.1 Å². The molecule has 1 nitrogen and oxygen atoms in total. The quantitative estimate of drug-likeness (QED) is 0.738. The Labute approximate surface area is 90.4 Å². The zero-order valence-corrected chi connectivity index (χ0v) is 9.78. The average Bonchev–Trinajstić information content (AvgIpc) is 2.18. The Morgan fingerprint density at radius 2 is 2.21 bits per heavy atom. The molecule has 0 bridgehead atoms. The number of Topliss-reactive ketones (excluding diaryl/α,β-unsaturated/α-hetero) is 1. The van der Waals surface area contributed by atoms with E-state index in [0.717, 1.165) is 0 Å². The fourth-order valence-corrected chi connectivity index (χ4v) is 3.98. The maximum absolute atomic E-state index is 11.1. The fraction of sp³-hybridized carbons (Fsp3) is 0.250. The van der Waals surface area contributed by atoms with E-state index in [1.807, 2.05) is 6.07 Å². The first-order chi connectivity index (χ1) is 6.77. The van der Waals surface area contributed by atoms with Gasteiger partial charge in [-0.2, -0.15) is 0 Å². The van der Waals surface area contributed by atoms with Crippen LogP contribution in [0.2, 0.25) is 0 Å². The van der Waals surface area contributed by atoms with Gasteiger partial charge in [-0.3, -0.25) is 0 Å². The summed E-state index contributed by atoms with van der Waals surface area (Å²) in [7, 11) is 0. The topological polar surface area (TPSA) is 17.1 Å². The third-order valence-electron chi connectivity index (χ3n) is 2.31. The molecule has 1 aliphatic rings. The number of fused-ring (bicyclic) bond motifs is 1. The van der Waals surface area contributed by atoms with Crippen LogP contribution in [0.5, 0.6) is 0 Å². The van der Waals surface area contributed by atoms with Crippen molar-refractivity contribution in [2.24, 2.45) is 0 Å². The van der Waals surface area contributed by atoms with Gasteiger partial charge in [0, 0.05) is 0 Å². The number of hydrogen-bond donors (Lipinski definition) is 0. The van der Waals surface area contributed by atoms with Crippen LogP contribution >= 0.6 is 0 Å². The van der Waals surface area contributed by atoms with Gasteiger partial charge in [0.1, 0.15) is 0 Å². The van der Waals surface area contributed by atoms with Gasteiger partial charge in [-0.1, -0.05) is 0 Å². The number of carbonyl (C=O) groups is 1. The molecule has 14 heavy (non-hydrogen) atoms. The Morgan fingerprint density at radius 3 is 3.00 bits per heavy atom. The summed E-state index contributed by atoms with van der Waals surface area (Å²) >= 11 is 0.444. The molecule has 1 atom stereocenters. The van der Waals surface area contributed by atoms with E-state index in [1.165, 1.54) is 11.1 Å². The second kappa shape index (κ2) is 4.12. The third-order valence-corrected chi connectivity index (χ3v) is 4.49. The molecular formula is C12H12OSe. The Hall–Kier alpha value is -0.851. The average molecular weight is 251 g/mol. The molecule has 1 aliphatic heterocycles. The van der Waals surface area contributed by atoms with Gasteiger partial charge in [0.2, 0.25) is 0 Å². The van der Waals surface area contributed by atoms with E-state index in [4.69, 9.17) is 0 Å². The van der Waals surface area contributed by atoms with Crippen molar-refractivity contribution in [3.8, 4) is 0 Å². The van der Waals surface area contributed by atoms with Crippen LogP contribution in [0.1, 0.15) is 29.3 Å². The van der Waals surface area contributed by atoms with Gasteiger partial charge in [0.05, 0.1) is 0 Å². The zero-order valence-electron chi connectivity index (χ0n) is 8.07. The van der Waals surface area contributed by atoms with E-state index in [1.54, 1.807) is 6.92 Å². The predicted molar refractivity (Wildman–Crippen MR) is 59.3 cm³/mol. The molecule has 0 radical (unpaired) electrons. The Morgan fingerprint density at radius 1 is 1.43 bits per heavy atom. The van der Waals surface area contributed by atoms with Crippen molar-refractivity contribution in [3.05, 3.63) is 40.4 Å². The summed E-state index contributed by atoms with van der Waals surface area (Å²) in [4.78, 5) is 13.8. The molecule has 1 unspecified atom stereocenters. The van der Waals surface area contributed by atoms with Crippen molar-refractivity contribution in [1.29, 1.82) is 0 Å². The molecule has 2 heteroatoms. The molecule has 0 amide bonds. The van der Waals surface area contributed by atoms with Crippen molar-refractivity contribution in [2.45, 2.75) is 18.2 Å².